The third kappa shape index (κ3) is 9.73. The lowest BCUT2D eigenvalue weighted by molar-refractivity contribution is -0.140. The summed E-state index contributed by atoms with van der Waals surface area (Å²) in [6.07, 6.45) is 1.86. The van der Waals surface area contributed by atoms with Gasteiger partial charge in [0.1, 0.15) is 18.3 Å². The zero-order valence-corrected chi connectivity index (χ0v) is 28.8. The van der Waals surface area contributed by atoms with Crippen LogP contribution in [0.1, 0.15) is 37.8 Å². The fraction of sp³-hybridized carbons (Fsp3) is 0.278. The fourth-order valence-electron chi connectivity index (χ4n) is 5.02. The normalized spacial score (nSPS) is 11.8. The van der Waals surface area contributed by atoms with Crippen LogP contribution in [0.2, 0.25) is 10.0 Å². The Bertz CT molecular complexity index is 1720. The van der Waals surface area contributed by atoms with Gasteiger partial charge in [0.2, 0.25) is 11.8 Å². The first-order chi connectivity index (χ1) is 22.6. The van der Waals surface area contributed by atoms with Crippen LogP contribution >= 0.6 is 23.2 Å². The molecule has 0 unspecified atom stereocenters. The highest BCUT2D eigenvalue weighted by Crippen LogP contribution is 2.28. The number of anilines is 1. The van der Waals surface area contributed by atoms with Crippen molar-refractivity contribution in [2.45, 2.75) is 50.6 Å². The zero-order valence-electron chi connectivity index (χ0n) is 26.4. The molecule has 1 atom stereocenters. The number of carbonyl (C=O) groups is 2. The van der Waals surface area contributed by atoms with Crippen molar-refractivity contribution in [1.29, 1.82) is 0 Å². The Hall–Kier alpha value is -4.05. The van der Waals surface area contributed by atoms with E-state index in [0.29, 0.717) is 34.5 Å². The van der Waals surface area contributed by atoms with Gasteiger partial charge in [0.05, 0.1) is 27.2 Å². The highest BCUT2D eigenvalue weighted by molar-refractivity contribution is 7.92. The molecule has 0 aliphatic rings. The van der Waals surface area contributed by atoms with Gasteiger partial charge < -0.3 is 15.0 Å². The summed E-state index contributed by atoms with van der Waals surface area (Å²) in [4.78, 5) is 29.9. The van der Waals surface area contributed by atoms with Crippen LogP contribution in [-0.4, -0.2) is 50.9 Å². The molecule has 0 saturated heterocycles. The third-order valence-electron chi connectivity index (χ3n) is 7.48. The van der Waals surface area contributed by atoms with E-state index in [1.807, 2.05) is 44.2 Å². The molecule has 4 aromatic carbocycles. The molecule has 1 N–H and O–H groups in total. The van der Waals surface area contributed by atoms with Crippen molar-refractivity contribution in [3.05, 3.63) is 124 Å². The van der Waals surface area contributed by atoms with Gasteiger partial charge in [-0.25, -0.2) is 8.42 Å². The maximum Gasteiger partial charge on any atom is 0.264 e. The number of sulfonamides is 1. The van der Waals surface area contributed by atoms with E-state index in [-0.39, 0.29) is 29.5 Å². The summed E-state index contributed by atoms with van der Waals surface area (Å²) >= 11 is 12.5. The standard InChI is InChI=1S/C36H39Cl2N3O5S/c1-3-5-22-39-36(43)34(24-27-12-8-6-9-13-27)40(25-28-16-21-32(37)33(38)23-28)35(42)26-41(29-17-19-30(20-18-29)46-4-2)47(44,45)31-14-10-7-11-15-31/h6-21,23,34H,3-5,22,24-26H2,1-2H3,(H,39,43)/t34-/m0/s1. The summed E-state index contributed by atoms with van der Waals surface area (Å²) in [6, 6.07) is 27.9. The van der Waals surface area contributed by atoms with Gasteiger partial charge in [-0.2, -0.15) is 0 Å². The lowest BCUT2D eigenvalue weighted by Crippen LogP contribution is -2.53. The highest BCUT2D eigenvalue weighted by atomic mass is 35.5. The average molecular weight is 697 g/mol. The molecule has 4 rings (SSSR count). The molecule has 0 saturated carbocycles. The first-order valence-corrected chi connectivity index (χ1v) is 17.7. The maximum atomic E-state index is 14.6. The van der Waals surface area contributed by atoms with Crippen molar-refractivity contribution in [1.82, 2.24) is 10.2 Å². The van der Waals surface area contributed by atoms with Crippen LogP contribution in [0.25, 0.3) is 0 Å². The molecule has 248 valence electrons. The van der Waals surface area contributed by atoms with E-state index >= 15 is 0 Å². The Morgan fingerprint density at radius 3 is 2.11 bits per heavy atom. The molecule has 0 bridgehead atoms. The second-order valence-electron chi connectivity index (χ2n) is 10.9. The summed E-state index contributed by atoms with van der Waals surface area (Å²) in [5.74, 6) is -0.349. The molecule has 0 heterocycles. The SMILES string of the molecule is CCCCNC(=O)[C@H](Cc1ccccc1)N(Cc1ccc(Cl)c(Cl)c1)C(=O)CN(c1ccc(OCC)cc1)S(=O)(=O)c1ccccc1. The van der Waals surface area contributed by atoms with Crippen LogP contribution in [0.3, 0.4) is 0 Å². The van der Waals surface area contributed by atoms with Crippen molar-refractivity contribution in [2.24, 2.45) is 0 Å². The summed E-state index contributed by atoms with van der Waals surface area (Å²) in [5, 5.41) is 3.63. The molecule has 0 aliphatic carbocycles. The van der Waals surface area contributed by atoms with E-state index in [0.717, 1.165) is 22.7 Å². The molecule has 8 nitrogen and oxygen atoms in total. The first kappa shape index (κ1) is 35.8. The van der Waals surface area contributed by atoms with Gasteiger partial charge >= 0.3 is 0 Å². The number of hydrogen-bond acceptors (Lipinski definition) is 5. The molecule has 11 heteroatoms. The maximum absolute atomic E-state index is 14.6. The molecule has 47 heavy (non-hydrogen) atoms. The lowest BCUT2D eigenvalue weighted by atomic mass is 10.0. The Morgan fingerprint density at radius 1 is 0.830 bits per heavy atom. The van der Waals surface area contributed by atoms with E-state index in [9.17, 15) is 18.0 Å². The number of hydrogen-bond donors (Lipinski definition) is 1. The van der Waals surface area contributed by atoms with Crippen LogP contribution in [-0.2, 0) is 32.6 Å². The van der Waals surface area contributed by atoms with E-state index in [1.165, 1.54) is 17.0 Å². The number of unbranched alkanes of at least 4 members (excludes halogenated alkanes) is 1. The molecular weight excluding hydrogens is 657 g/mol. The van der Waals surface area contributed by atoms with Crippen molar-refractivity contribution < 1.29 is 22.7 Å². The Kier molecular flexibility index (Phi) is 13.1. The minimum absolute atomic E-state index is 0.0169. The number of nitrogens with zero attached hydrogens (tertiary/aromatic N) is 2. The second-order valence-corrected chi connectivity index (χ2v) is 13.5. The molecule has 0 spiro atoms. The van der Waals surface area contributed by atoms with Crippen LogP contribution < -0.4 is 14.4 Å². The fourth-order valence-corrected chi connectivity index (χ4v) is 6.77. The summed E-state index contributed by atoms with van der Waals surface area (Å²) < 4.78 is 34.9. The predicted molar refractivity (Wildman–Crippen MR) is 187 cm³/mol. The predicted octanol–water partition coefficient (Wildman–Crippen LogP) is 7.14. The van der Waals surface area contributed by atoms with Crippen molar-refractivity contribution in [3.63, 3.8) is 0 Å². The van der Waals surface area contributed by atoms with E-state index in [1.54, 1.807) is 60.7 Å². The Labute approximate surface area is 287 Å². The minimum Gasteiger partial charge on any atom is -0.494 e. The van der Waals surface area contributed by atoms with E-state index < -0.39 is 28.5 Å². The monoisotopic (exact) mass is 695 g/mol. The Balaban J connectivity index is 1.79. The molecule has 0 aromatic heterocycles. The molecule has 0 radical (unpaired) electrons. The third-order valence-corrected chi connectivity index (χ3v) is 10.0. The summed E-state index contributed by atoms with van der Waals surface area (Å²) in [5.41, 5.74) is 1.74. The molecule has 4 aromatic rings. The van der Waals surface area contributed by atoms with Gasteiger partial charge in [0, 0.05) is 19.5 Å². The van der Waals surface area contributed by atoms with E-state index in [4.69, 9.17) is 27.9 Å². The summed E-state index contributed by atoms with van der Waals surface area (Å²) in [7, 11) is -4.21. The quantitative estimate of drug-likeness (QED) is 0.126. The first-order valence-electron chi connectivity index (χ1n) is 15.5. The van der Waals surface area contributed by atoms with Gasteiger partial charge in [-0.1, -0.05) is 91.1 Å². The lowest BCUT2D eigenvalue weighted by Gasteiger charge is -2.34. The number of amides is 2. The molecule has 0 aliphatic heterocycles. The van der Waals surface area contributed by atoms with Gasteiger partial charge in [-0.3, -0.25) is 13.9 Å². The molecule has 0 fully saturated rings. The number of benzene rings is 4. The van der Waals surface area contributed by atoms with Crippen LogP contribution in [0.5, 0.6) is 5.75 Å². The van der Waals surface area contributed by atoms with Crippen LogP contribution in [0.15, 0.2) is 108 Å². The Morgan fingerprint density at radius 2 is 1.49 bits per heavy atom. The van der Waals surface area contributed by atoms with Crippen LogP contribution in [0.4, 0.5) is 5.69 Å². The van der Waals surface area contributed by atoms with Crippen molar-refractivity contribution >= 4 is 50.7 Å². The van der Waals surface area contributed by atoms with Gasteiger partial charge in [-0.05, 0) is 73.0 Å². The van der Waals surface area contributed by atoms with Crippen molar-refractivity contribution in [2.75, 3.05) is 24.0 Å². The van der Waals surface area contributed by atoms with Gasteiger partial charge in [0.25, 0.3) is 10.0 Å². The number of carbonyl (C=O) groups excluding carboxylic acids is 2. The number of halogens is 2. The largest absolute Gasteiger partial charge is 0.494 e. The number of nitrogens with one attached hydrogen (secondary N) is 1. The van der Waals surface area contributed by atoms with Gasteiger partial charge in [-0.15, -0.1) is 0 Å². The topological polar surface area (TPSA) is 96.0 Å². The summed E-state index contributed by atoms with van der Waals surface area (Å²) in [6.45, 7) is 4.17. The smallest absolute Gasteiger partial charge is 0.264 e. The van der Waals surface area contributed by atoms with E-state index in [2.05, 4.69) is 5.32 Å². The molecule has 2 amide bonds. The number of ether oxygens (including phenoxy) is 1. The average Bonchev–Trinajstić information content (AvgIpc) is 3.08. The number of rotatable bonds is 16. The second kappa shape index (κ2) is 17.2. The van der Waals surface area contributed by atoms with Crippen molar-refractivity contribution in [3.8, 4) is 5.75 Å². The van der Waals surface area contributed by atoms with Crippen LogP contribution in [0, 0.1) is 0 Å². The minimum atomic E-state index is -4.21. The van der Waals surface area contributed by atoms with Gasteiger partial charge in [0.15, 0.2) is 0 Å². The molecular formula is C36H39Cl2N3O5S. The highest BCUT2D eigenvalue weighted by Gasteiger charge is 2.34. The zero-order chi connectivity index (χ0) is 33.8.